The van der Waals surface area contributed by atoms with Crippen LogP contribution in [-0.4, -0.2) is 41.7 Å². The molecule has 3 rings (SSSR count). The van der Waals surface area contributed by atoms with Gasteiger partial charge in [0.25, 0.3) is 0 Å². The van der Waals surface area contributed by atoms with Gasteiger partial charge in [-0.2, -0.15) is 5.10 Å². The number of carbonyl (C=O) groups excluding carboxylic acids is 2. The minimum Gasteiger partial charge on any atom is -0.497 e. The molecule has 1 aliphatic heterocycles. The van der Waals surface area contributed by atoms with Gasteiger partial charge < -0.3 is 14.8 Å². The van der Waals surface area contributed by atoms with Crippen molar-refractivity contribution in [2.75, 3.05) is 20.3 Å². The third kappa shape index (κ3) is 4.13. The van der Waals surface area contributed by atoms with E-state index in [1.165, 1.54) is 6.92 Å². The lowest BCUT2D eigenvalue weighted by atomic mass is 9.96. The van der Waals surface area contributed by atoms with Gasteiger partial charge in [0.1, 0.15) is 18.0 Å². The molecular weight excluding hydrogens is 346 g/mol. The van der Waals surface area contributed by atoms with Crippen molar-refractivity contribution in [3.05, 3.63) is 40.7 Å². The molecule has 1 amide bonds. The van der Waals surface area contributed by atoms with E-state index in [4.69, 9.17) is 9.47 Å². The van der Waals surface area contributed by atoms with Crippen molar-refractivity contribution in [3.63, 3.8) is 0 Å². The van der Waals surface area contributed by atoms with Gasteiger partial charge in [-0.15, -0.1) is 0 Å². The molecule has 144 valence electrons. The Morgan fingerprint density at radius 3 is 2.81 bits per heavy atom. The molecule has 7 heteroatoms. The van der Waals surface area contributed by atoms with Crippen LogP contribution in [0.4, 0.5) is 0 Å². The van der Waals surface area contributed by atoms with E-state index in [9.17, 15) is 9.59 Å². The molecule has 0 bridgehead atoms. The van der Waals surface area contributed by atoms with Crippen LogP contribution < -0.4 is 14.8 Å². The van der Waals surface area contributed by atoms with E-state index < -0.39 is 0 Å². The zero-order valence-corrected chi connectivity index (χ0v) is 16.2. The van der Waals surface area contributed by atoms with Crippen LogP contribution in [0.2, 0.25) is 0 Å². The summed E-state index contributed by atoms with van der Waals surface area (Å²) < 4.78 is 12.6. The Hall–Kier alpha value is -2.83. The summed E-state index contributed by atoms with van der Waals surface area (Å²) in [5.41, 5.74) is 3.08. The lowest BCUT2D eigenvalue weighted by Gasteiger charge is -2.25. The molecule has 1 atom stereocenters. The molecule has 0 saturated carbocycles. The molecule has 0 radical (unpaired) electrons. The molecular formula is C20H25N3O4. The number of Topliss-reactive ketones (excluding diaryl/α,β-unsaturated/α-hetero) is 1. The molecule has 1 aromatic heterocycles. The number of nitrogens with zero attached hydrogens (tertiary/aromatic N) is 2. The van der Waals surface area contributed by atoms with Gasteiger partial charge in [-0.3, -0.25) is 14.3 Å². The molecule has 1 aromatic carbocycles. The number of benzene rings is 1. The highest BCUT2D eigenvalue weighted by Gasteiger charge is 2.22. The van der Waals surface area contributed by atoms with Crippen molar-refractivity contribution in [2.45, 2.75) is 33.7 Å². The Morgan fingerprint density at radius 1 is 1.37 bits per heavy atom. The van der Waals surface area contributed by atoms with Gasteiger partial charge in [-0.25, -0.2) is 0 Å². The zero-order valence-electron chi connectivity index (χ0n) is 16.2. The fourth-order valence-electron chi connectivity index (χ4n) is 3.48. The first-order valence-corrected chi connectivity index (χ1v) is 9.00. The van der Waals surface area contributed by atoms with E-state index >= 15 is 0 Å². The average molecular weight is 371 g/mol. The predicted octanol–water partition coefficient (Wildman–Crippen LogP) is 2.08. The molecule has 7 nitrogen and oxygen atoms in total. The largest absolute Gasteiger partial charge is 0.497 e. The molecule has 0 spiro atoms. The summed E-state index contributed by atoms with van der Waals surface area (Å²) in [6, 6.07) is 5.81. The summed E-state index contributed by atoms with van der Waals surface area (Å²) in [5, 5.41) is 7.26. The monoisotopic (exact) mass is 371 g/mol. The van der Waals surface area contributed by atoms with Gasteiger partial charge in [-0.05, 0) is 38.8 Å². The van der Waals surface area contributed by atoms with E-state index in [0.29, 0.717) is 24.4 Å². The van der Waals surface area contributed by atoms with Crippen LogP contribution in [-0.2, 0) is 17.8 Å². The number of fused-ring (bicyclic) bond motifs is 1. The van der Waals surface area contributed by atoms with Crippen LogP contribution in [0.15, 0.2) is 18.2 Å². The zero-order chi connectivity index (χ0) is 19.6. The maximum absolute atomic E-state index is 12.3. The standard InChI is InChI=1S/C20H25N3O4/c1-12-20(14(3)24)13(2)23(22-12)10-19(25)21-9-15-7-16-5-6-17(26-4)8-18(16)27-11-15/h5-6,8,15H,7,9-11H2,1-4H3,(H,21,25)/t15-/m1/s1. The van der Waals surface area contributed by atoms with Crippen molar-refractivity contribution in [2.24, 2.45) is 5.92 Å². The number of amides is 1. The summed E-state index contributed by atoms with van der Waals surface area (Å²) in [7, 11) is 1.63. The van der Waals surface area contributed by atoms with E-state index in [2.05, 4.69) is 10.4 Å². The SMILES string of the molecule is COc1ccc2c(c1)OC[C@@H](CNC(=O)Cn1nc(C)c(C(C)=O)c1C)C2. The number of rotatable bonds is 6. The minimum absolute atomic E-state index is 0.0358. The first-order chi connectivity index (χ1) is 12.9. The lowest BCUT2D eigenvalue weighted by molar-refractivity contribution is -0.122. The molecule has 2 heterocycles. The third-order valence-electron chi connectivity index (χ3n) is 4.87. The molecule has 0 fully saturated rings. The molecule has 1 aliphatic rings. The van der Waals surface area contributed by atoms with Gasteiger partial charge in [0.05, 0.1) is 25.0 Å². The number of ketones is 1. The number of aryl methyl sites for hydroxylation is 1. The molecule has 0 saturated heterocycles. The van der Waals surface area contributed by atoms with Gasteiger partial charge in [0.15, 0.2) is 5.78 Å². The maximum Gasteiger partial charge on any atom is 0.241 e. The minimum atomic E-state index is -0.128. The Bertz CT molecular complexity index is 872. The number of hydrogen-bond donors (Lipinski definition) is 1. The number of methoxy groups -OCH3 is 1. The first-order valence-electron chi connectivity index (χ1n) is 9.00. The lowest BCUT2D eigenvalue weighted by Crippen LogP contribution is -2.36. The smallest absolute Gasteiger partial charge is 0.241 e. The number of aromatic nitrogens is 2. The highest BCUT2D eigenvalue weighted by atomic mass is 16.5. The molecule has 0 aliphatic carbocycles. The number of ether oxygens (including phenoxy) is 2. The van der Waals surface area contributed by atoms with Crippen LogP contribution >= 0.6 is 0 Å². The van der Waals surface area contributed by atoms with Crippen molar-refractivity contribution in [3.8, 4) is 11.5 Å². The van der Waals surface area contributed by atoms with Crippen molar-refractivity contribution in [1.82, 2.24) is 15.1 Å². The summed E-state index contributed by atoms with van der Waals surface area (Å²) >= 11 is 0. The Labute approximate surface area is 158 Å². The molecule has 0 unspecified atom stereocenters. The van der Waals surface area contributed by atoms with Crippen molar-refractivity contribution < 1.29 is 19.1 Å². The third-order valence-corrected chi connectivity index (χ3v) is 4.87. The average Bonchev–Trinajstić information content (AvgIpc) is 2.92. The van der Waals surface area contributed by atoms with Crippen LogP contribution in [0.25, 0.3) is 0 Å². The van der Waals surface area contributed by atoms with E-state index in [0.717, 1.165) is 29.2 Å². The quantitative estimate of drug-likeness (QED) is 0.786. The van der Waals surface area contributed by atoms with Crippen LogP contribution in [0, 0.1) is 19.8 Å². The molecule has 1 N–H and O–H groups in total. The number of carbonyl (C=O) groups is 2. The second kappa shape index (κ2) is 7.82. The number of nitrogens with one attached hydrogen (secondary N) is 1. The Kier molecular flexibility index (Phi) is 5.48. The van der Waals surface area contributed by atoms with E-state index in [-0.39, 0.29) is 24.2 Å². The first kappa shape index (κ1) is 18.9. The van der Waals surface area contributed by atoms with Gasteiger partial charge in [0, 0.05) is 24.2 Å². The summed E-state index contributed by atoms with van der Waals surface area (Å²) in [5.74, 6) is 1.66. The normalized spacial score (nSPS) is 15.6. The van der Waals surface area contributed by atoms with Crippen molar-refractivity contribution >= 4 is 11.7 Å². The van der Waals surface area contributed by atoms with Gasteiger partial charge in [-0.1, -0.05) is 6.07 Å². The highest BCUT2D eigenvalue weighted by Crippen LogP contribution is 2.30. The van der Waals surface area contributed by atoms with Gasteiger partial charge in [0.2, 0.25) is 5.91 Å². The topological polar surface area (TPSA) is 82.4 Å². The second-order valence-electron chi connectivity index (χ2n) is 6.92. The molecule has 27 heavy (non-hydrogen) atoms. The maximum atomic E-state index is 12.3. The van der Waals surface area contributed by atoms with E-state index in [1.54, 1.807) is 18.7 Å². The van der Waals surface area contributed by atoms with Crippen LogP contribution in [0.5, 0.6) is 11.5 Å². The number of hydrogen-bond acceptors (Lipinski definition) is 5. The Balaban J connectivity index is 1.56. The van der Waals surface area contributed by atoms with Crippen LogP contribution in [0.1, 0.15) is 34.2 Å². The van der Waals surface area contributed by atoms with Crippen LogP contribution in [0.3, 0.4) is 0 Å². The fourth-order valence-corrected chi connectivity index (χ4v) is 3.48. The highest BCUT2D eigenvalue weighted by molar-refractivity contribution is 5.96. The second-order valence-corrected chi connectivity index (χ2v) is 6.92. The summed E-state index contributed by atoms with van der Waals surface area (Å²) in [6.07, 6.45) is 0.841. The van der Waals surface area contributed by atoms with Gasteiger partial charge >= 0.3 is 0 Å². The summed E-state index contributed by atoms with van der Waals surface area (Å²) in [4.78, 5) is 24.0. The summed E-state index contributed by atoms with van der Waals surface area (Å²) in [6.45, 7) is 6.28. The predicted molar refractivity (Wildman–Crippen MR) is 100 cm³/mol. The molecule has 2 aromatic rings. The fraction of sp³-hybridized carbons (Fsp3) is 0.450. The van der Waals surface area contributed by atoms with Crippen molar-refractivity contribution in [1.29, 1.82) is 0 Å². The van der Waals surface area contributed by atoms with E-state index in [1.807, 2.05) is 25.1 Å². The Morgan fingerprint density at radius 2 is 2.15 bits per heavy atom.